The summed E-state index contributed by atoms with van der Waals surface area (Å²) in [6.45, 7) is 0.748. The van der Waals surface area contributed by atoms with Crippen molar-refractivity contribution in [3.05, 3.63) is 0 Å². The molecule has 2 amide bonds. The fourth-order valence-corrected chi connectivity index (χ4v) is 0.855. The third-order valence-corrected chi connectivity index (χ3v) is 1.38. The highest BCUT2D eigenvalue weighted by Gasteiger charge is 2.15. The Hall–Kier alpha value is -1.18. The van der Waals surface area contributed by atoms with Crippen LogP contribution in [0.1, 0.15) is 0 Å². The zero-order chi connectivity index (χ0) is 8.27. The highest BCUT2D eigenvalue weighted by Crippen LogP contribution is 1.98. The van der Waals surface area contributed by atoms with Crippen LogP contribution in [0, 0.1) is 0 Å². The molecule has 1 rings (SSSR count). The number of carbonyl (C=O) groups is 1. The lowest BCUT2D eigenvalue weighted by atomic mass is 10.6. The van der Waals surface area contributed by atoms with Crippen LogP contribution in [0.15, 0.2) is 10.3 Å². The molecule has 0 unspecified atom stereocenters. The summed E-state index contributed by atoms with van der Waals surface area (Å²) in [5.41, 5.74) is 0. The van der Waals surface area contributed by atoms with Gasteiger partial charge >= 0.3 is 6.03 Å². The summed E-state index contributed by atoms with van der Waals surface area (Å²) in [6.07, 6.45) is 0. The van der Waals surface area contributed by atoms with Crippen molar-refractivity contribution in [2.45, 2.75) is 0 Å². The van der Waals surface area contributed by atoms with Gasteiger partial charge in [0.1, 0.15) is 0 Å². The van der Waals surface area contributed by atoms with Crippen LogP contribution in [-0.2, 0) is 10.9 Å². The van der Waals surface area contributed by atoms with Crippen LogP contribution >= 0.6 is 0 Å². The molecule has 1 N–H and O–H groups in total. The molecule has 0 fully saturated rings. The molecule has 0 atom stereocenters. The second-order valence-corrected chi connectivity index (χ2v) is 2.49. The first-order valence-electron chi connectivity index (χ1n) is 2.80. The van der Waals surface area contributed by atoms with E-state index in [2.05, 4.69) is 10.3 Å². The van der Waals surface area contributed by atoms with Crippen LogP contribution in [0.3, 0.4) is 0 Å². The van der Waals surface area contributed by atoms with E-state index in [0.29, 0.717) is 13.1 Å². The van der Waals surface area contributed by atoms with Gasteiger partial charge < -0.3 is 0 Å². The lowest BCUT2D eigenvalue weighted by molar-refractivity contribution is 0.211. The smallest absolute Gasteiger partial charge is 0.245 e. The fraction of sp³-hybridized carbons (Fsp3) is 0.667. The van der Waals surface area contributed by atoms with Crippen molar-refractivity contribution in [3.8, 4) is 0 Å². The molecule has 1 aliphatic rings. The Morgan fingerprint density at radius 2 is 2.27 bits per heavy atom. The summed E-state index contributed by atoms with van der Waals surface area (Å²) in [7, 11) is -2.90. The summed E-state index contributed by atoms with van der Waals surface area (Å²) in [6, 6.07) is -0.762. The SMILES string of the molecule is O=C(N[SH](=O)=O)N1CCN=N1. The number of thiol groups is 1. The van der Waals surface area contributed by atoms with E-state index in [9.17, 15) is 13.2 Å². The Bertz CT molecular complexity index is 251. The fourth-order valence-electron chi connectivity index (χ4n) is 0.583. The Labute approximate surface area is 64.1 Å². The Morgan fingerprint density at radius 1 is 1.55 bits per heavy atom. The molecule has 7 nitrogen and oxygen atoms in total. The predicted molar refractivity (Wildman–Crippen MR) is 35.3 cm³/mol. The zero-order valence-electron chi connectivity index (χ0n) is 5.43. The third-order valence-electron chi connectivity index (χ3n) is 1.00. The zero-order valence-corrected chi connectivity index (χ0v) is 6.32. The van der Waals surface area contributed by atoms with Gasteiger partial charge in [-0.05, 0) is 0 Å². The van der Waals surface area contributed by atoms with Gasteiger partial charge in [-0.15, -0.1) is 0 Å². The first-order chi connectivity index (χ1) is 5.20. The molecule has 0 aromatic heterocycles. The number of amides is 2. The maximum atomic E-state index is 10.7. The summed E-state index contributed by atoms with van der Waals surface area (Å²) in [4.78, 5) is 10.7. The maximum absolute atomic E-state index is 10.7. The van der Waals surface area contributed by atoms with Gasteiger partial charge in [0.25, 0.3) is 0 Å². The van der Waals surface area contributed by atoms with Crippen LogP contribution in [0.5, 0.6) is 0 Å². The largest absolute Gasteiger partial charge is 0.352 e. The molecule has 11 heavy (non-hydrogen) atoms. The van der Waals surface area contributed by atoms with Gasteiger partial charge in [-0.2, -0.15) is 10.1 Å². The highest BCUT2D eigenvalue weighted by atomic mass is 32.2. The lowest BCUT2D eigenvalue weighted by Crippen LogP contribution is -2.34. The molecule has 0 aromatic rings. The minimum atomic E-state index is -2.90. The van der Waals surface area contributed by atoms with Gasteiger partial charge in [-0.1, -0.05) is 5.22 Å². The van der Waals surface area contributed by atoms with E-state index in [-0.39, 0.29) is 0 Å². The van der Waals surface area contributed by atoms with E-state index in [1.165, 1.54) is 0 Å². The van der Waals surface area contributed by atoms with Crippen LogP contribution in [0.4, 0.5) is 4.79 Å². The number of nitrogens with zero attached hydrogens (tertiary/aromatic N) is 3. The van der Waals surface area contributed by atoms with Gasteiger partial charge in [-0.3, -0.25) is 0 Å². The van der Waals surface area contributed by atoms with Crippen molar-refractivity contribution >= 4 is 16.9 Å². The molecule has 0 saturated carbocycles. The van der Waals surface area contributed by atoms with Crippen molar-refractivity contribution in [2.24, 2.45) is 10.3 Å². The van der Waals surface area contributed by atoms with E-state index in [1.54, 1.807) is 4.72 Å². The van der Waals surface area contributed by atoms with E-state index in [4.69, 9.17) is 0 Å². The molecule has 0 spiro atoms. The summed E-state index contributed by atoms with van der Waals surface area (Å²) < 4.78 is 21.6. The first kappa shape index (κ1) is 7.92. The molecule has 0 radical (unpaired) electrons. The predicted octanol–water partition coefficient (Wildman–Crippen LogP) is -1.09. The van der Waals surface area contributed by atoms with Gasteiger partial charge in [0.05, 0.1) is 13.1 Å². The van der Waals surface area contributed by atoms with E-state index in [0.717, 1.165) is 5.01 Å². The highest BCUT2D eigenvalue weighted by molar-refractivity contribution is 7.70. The Balaban J connectivity index is 2.47. The molecule has 8 heteroatoms. The molecule has 1 heterocycles. The standard InChI is InChI=1S/C3H6N4O3S/c8-3(5-11(9)10)7-2-1-4-6-7/h11H,1-2H2,(H,5,8,9,10). The monoisotopic (exact) mass is 178 g/mol. The molecular formula is C3H6N4O3S. The minimum absolute atomic E-state index is 0.328. The average Bonchev–Trinajstić information content (AvgIpc) is 2.35. The van der Waals surface area contributed by atoms with Crippen molar-refractivity contribution < 1.29 is 13.2 Å². The quantitative estimate of drug-likeness (QED) is 0.499. The second kappa shape index (κ2) is 3.28. The molecule has 0 aromatic carbocycles. The minimum Gasteiger partial charge on any atom is -0.245 e. The molecule has 62 valence electrons. The van der Waals surface area contributed by atoms with Crippen LogP contribution in [0.25, 0.3) is 0 Å². The molecule has 1 aliphatic heterocycles. The van der Waals surface area contributed by atoms with Crippen LogP contribution < -0.4 is 4.72 Å². The maximum Gasteiger partial charge on any atom is 0.352 e. The van der Waals surface area contributed by atoms with Crippen molar-refractivity contribution in [2.75, 3.05) is 13.1 Å². The number of hydrogen-bond acceptors (Lipinski definition) is 5. The Morgan fingerprint density at radius 3 is 2.73 bits per heavy atom. The molecular weight excluding hydrogens is 172 g/mol. The van der Waals surface area contributed by atoms with E-state index in [1.807, 2.05) is 0 Å². The lowest BCUT2D eigenvalue weighted by Gasteiger charge is -2.06. The Kier molecular flexibility index (Phi) is 2.36. The number of nitrogens with one attached hydrogen (secondary N) is 1. The van der Waals surface area contributed by atoms with Gasteiger partial charge in [0, 0.05) is 0 Å². The van der Waals surface area contributed by atoms with Crippen molar-refractivity contribution in [1.29, 1.82) is 0 Å². The topological polar surface area (TPSA) is 91.2 Å². The second-order valence-electron chi connectivity index (χ2n) is 1.75. The summed E-state index contributed by atoms with van der Waals surface area (Å²) >= 11 is 0. The number of rotatable bonds is 1. The van der Waals surface area contributed by atoms with Crippen LogP contribution in [-0.4, -0.2) is 32.5 Å². The number of urea groups is 1. The number of carbonyl (C=O) groups excluding carboxylic acids is 1. The molecule has 0 saturated heterocycles. The first-order valence-corrected chi connectivity index (χ1v) is 3.98. The van der Waals surface area contributed by atoms with Crippen molar-refractivity contribution in [1.82, 2.24) is 9.73 Å². The normalized spacial score (nSPS) is 15.9. The third kappa shape index (κ3) is 2.15. The molecule has 0 bridgehead atoms. The summed E-state index contributed by atoms with van der Waals surface area (Å²) in [5, 5.41) is 7.80. The van der Waals surface area contributed by atoms with Crippen LogP contribution in [0.2, 0.25) is 0 Å². The number of hydrogen-bond donors (Lipinski definition) is 2. The van der Waals surface area contributed by atoms with Gasteiger partial charge in [0.2, 0.25) is 10.9 Å². The van der Waals surface area contributed by atoms with Gasteiger partial charge in [-0.25, -0.2) is 17.9 Å². The summed E-state index contributed by atoms with van der Waals surface area (Å²) in [5.74, 6) is 0. The van der Waals surface area contributed by atoms with E-state index < -0.39 is 16.9 Å². The van der Waals surface area contributed by atoms with E-state index >= 15 is 0 Å². The molecule has 0 aliphatic carbocycles. The van der Waals surface area contributed by atoms with Gasteiger partial charge in [0.15, 0.2) is 0 Å². The van der Waals surface area contributed by atoms with Crippen molar-refractivity contribution in [3.63, 3.8) is 0 Å². The average molecular weight is 178 g/mol.